The molecule has 1 atom stereocenters. The normalized spacial score (nSPS) is 11.4. The van der Waals surface area contributed by atoms with Gasteiger partial charge < -0.3 is 19.7 Å². The minimum atomic E-state index is -0.848. The Morgan fingerprint density at radius 2 is 1.56 bits per heavy atom. The summed E-state index contributed by atoms with van der Waals surface area (Å²) in [6, 6.07) is 19.5. The fourth-order valence-corrected chi connectivity index (χ4v) is 3.76. The molecule has 3 aromatic carbocycles. The smallest absolute Gasteiger partial charge is 0.247 e. The van der Waals surface area contributed by atoms with E-state index < -0.39 is 6.04 Å². The van der Waals surface area contributed by atoms with Crippen molar-refractivity contribution in [3.63, 3.8) is 0 Å². The van der Waals surface area contributed by atoms with E-state index in [-0.39, 0.29) is 30.6 Å². The van der Waals surface area contributed by atoms with Gasteiger partial charge in [-0.25, -0.2) is 4.39 Å². The van der Waals surface area contributed by atoms with Gasteiger partial charge in [-0.05, 0) is 47.9 Å². The molecule has 0 spiro atoms. The van der Waals surface area contributed by atoms with Crippen LogP contribution in [0.15, 0.2) is 72.8 Å². The van der Waals surface area contributed by atoms with Crippen molar-refractivity contribution in [1.29, 1.82) is 0 Å². The number of hydrogen-bond donors (Lipinski definition) is 1. The van der Waals surface area contributed by atoms with Crippen LogP contribution >= 0.6 is 0 Å². The predicted molar refractivity (Wildman–Crippen MR) is 128 cm³/mol. The van der Waals surface area contributed by atoms with Gasteiger partial charge in [0.05, 0.1) is 20.6 Å². The zero-order valence-corrected chi connectivity index (χ0v) is 19.6. The zero-order valence-electron chi connectivity index (χ0n) is 19.6. The first kappa shape index (κ1) is 24.8. The maximum Gasteiger partial charge on any atom is 0.247 e. The maximum absolute atomic E-state index is 13.7. The molecular weight excluding hydrogens is 435 g/mol. The molecule has 3 rings (SSSR count). The largest absolute Gasteiger partial charge is 0.493 e. The second kappa shape index (κ2) is 11.8. The number of carbonyl (C=O) groups is 2. The van der Waals surface area contributed by atoms with Crippen LogP contribution in [0.4, 0.5) is 4.39 Å². The molecular formula is C27H29FN2O4. The zero-order chi connectivity index (χ0) is 24.5. The van der Waals surface area contributed by atoms with E-state index in [0.29, 0.717) is 29.2 Å². The van der Waals surface area contributed by atoms with E-state index in [4.69, 9.17) is 9.47 Å². The van der Waals surface area contributed by atoms with E-state index in [1.165, 1.54) is 24.1 Å². The molecule has 3 aromatic rings. The number of halogens is 1. The Morgan fingerprint density at radius 1 is 0.912 bits per heavy atom. The lowest BCUT2D eigenvalue weighted by molar-refractivity contribution is -0.141. The monoisotopic (exact) mass is 464 g/mol. The highest BCUT2D eigenvalue weighted by atomic mass is 19.1. The highest BCUT2D eigenvalue weighted by Gasteiger charge is 2.31. The summed E-state index contributed by atoms with van der Waals surface area (Å²) in [6.45, 7) is 2.40. The first-order chi connectivity index (χ1) is 16.5. The Balaban J connectivity index is 2.00. The van der Waals surface area contributed by atoms with Gasteiger partial charge in [0.1, 0.15) is 11.9 Å². The summed E-state index contributed by atoms with van der Waals surface area (Å²) in [5, 5.41) is 2.84. The first-order valence-electron chi connectivity index (χ1n) is 11.0. The second-order valence-electron chi connectivity index (χ2n) is 7.72. The van der Waals surface area contributed by atoms with Crippen molar-refractivity contribution >= 4 is 11.8 Å². The lowest BCUT2D eigenvalue weighted by Gasteiger charge is -2.31. The third-order valence-corrected chi connectivity index (χ3v) is 5.42. The van der Waals surface area contributed by atoms with Crippen LogP contribution in [0.1, 0.15) is 29.7 Å². The summed E-state index contributed by atoms with van der Waals surface area (Å²) in [7, 11) is 3.08. The third-order valence-electron chi connectivity index (χ3n) is 5.42. The fourth-order valence-electron chi connectivity index (χ4n) is 3.76. The molecule has 0 radical (unpaired) electrons. The van der Waals surface area contributed by atoms with E-state index in [0.717, 1.165) is 5.56 Å². The summed E-state index contributed by atoms with van der Waals surface area (Å²) in [5.74, 6) is 0.177. The highest BCUT2D eigenvalue weighted by molar-refractivity contribution is 5.89. The average Bonchev–Trinajstić information content (AvgIpc) is 2.85. The Labute approximate surface area is 199 Å². The van der Waals surface area contributed by atoms with Gasteiger partial charge >= 0.3 is 0 Å². The quantitative estimate of drug-likeness (QED) is 0.486. The summed E-state index contributed by atoms with van der Waals surface area (Å²) in [5.41, 5.74) is 2.12. The summed E-state index contributed by atoms with van der Waals surface area (Å²) in [6.07, 6.45) is 0.0459. The van der Waals surface area contributed by atoms with Crippen LogP contribution in [0.5, 0.6) is 11.5 Å². The molecule has 0 heterocycles. The summed E-state index contributed by atoms with van der Waals surface area (Å²) < 4.78 is 24.1. The average molecular weight is 465 g/mol. The van der Waals surface area contributed by atoms with E-state index in [1.807, 2.05) is 37.3 Å². The lowest BCUT2D eigenvalue weighted by atomic mass is 10.0. The minimum absolute atomic E-state index is 0.0459. The number of methoxy groups -OCH3 is 2. The molecule has 7 heteroatoms. The van der Waals surface area contributed by atoms with Crippen LogP contribution in [0, 0.1) is 5.82 Å². The van der Waals surface area contributed by atoms with Crippen LogP contribution in [-0.4, -0.2) is 37.5 Å². The van der Waals surface area contributed by atoms with Crippen molar-refractivity contribution in [2.45, 2.75) is 25.9 Å². The summed E-state index contributed by atoms with van der Waals surface area (Å²) >= 11 is 0. The van der Waals surface area contributed by atoms with Crippen LogP contribution in [0.3, 0.4) is 0 Å². The second-order valence-corrected chi connectivity index (χ2v) is 7.72. The van der Waals surface area contributed by atoms with Crippen LogP contribution in [0.25, 0.3) is 0 Å². The SMILES string of the molecule is CCNC(=O)[C@H](c1ccccc1)N(Cc1ccc(F)cc1)C(=O)Cc1ccc(OC)c(OC)c1. The summed E-state index contributed by atoms with van der Waals surface area (Å²) in [4.78, 5) is 28.4. The van der Waals surface area contributed by atoms with Gasteiger partial charge in [0.25, 0.3) is 0 Å². The van der Waals surface area contributed by atoms with Gasteiger partial charge in [-0.15, -0.1) is 0 Å². The van der Waals surface area contributed by atoms with Gasteiger partial charge in [-0.2, -0.15) is 0 Å². The molecule has 178 valence electrons. The number of carbonyl (C=O) groups excluding carboxylic acids is 2. The van der Waals surface area contributed by atoms with Crippen molar-refractivity contribution in [1.82, 2.24) is 10.2 Å². The first-order valence-corrected chi connectivity index (χ1v) is 11.0. The topological polar surface area (TPSA) is 67.9 Å². The number of likely N-dealkylation sites (N-methyl/N-ethyl adjacent to an activating group) is 1. The molecule has 0 aliphatic rings. The molecule has 0 aliphatic heterocycles. The van der Waals surface area contributed by atoms with Gasteiger partial charge in [-0.3, -0.25) is 9.59 Å². The van der Waals surface area contributed by atoms with Gasteiger partial charge in [0.15, 0.2) is 11.5 Å². The van der Waals surface area contributed by atoms with Crippen molar-refractivity contribution in [2.24, 2.45) is 0 Å². The van der Waals surface area contributed by atoms with Crippen LogP contribution in [-0.2, 0) is 22.6 Å². The molecule has 0 saturated carbocycles. The Morgan fingerprint density at radius 3 is 2.18 bits per heavy atom. The van der Waals surface area contributed by atoms with Crippen molar-refractivity contribution in [3.05, 3.63) is 95.3 Å². The number of rotatable bonds is 10. The fraction of sp³-hybridized carbons (Fsp3) is 0.259. The van der Waals surface area contributed by atoms with Crippen LogP contribution in [0.2, 0.25) is 0 Å². The molecule has 0 saturated heterocycles. The number of hydrogen-bond acceptors (Lipinski definition) is 4. The number of nitrogens with zero attached hydrogens (tertiary/aromatic N) is 1. The number of benzene rings is 3. The van der Waals surface area contributed by atoms with Crippen molar-refractivity contribution < 1.29 is 23.5 Å². The molecule has 0 unspecified atom stereocenters. The van der Waals surface area contributed by atoms with E-state index >= 15 is 0 Å². The maximum atomic E-state index is 13.7. The Hall–Kier alpha value is -3.87. The van der Waals surface area contributed by atoms with Gasteiger partial charge in [0, 0.05) is 13.1 Å². The molecule has 34 heavy (non-hydrogen) atoms. The molecule has 0 aromatic heterocycles. The van der Waals surface area contributed by atoms with Crippen LogP contribution < -0.4 is 14.8 Å². The van der Waals surface area contributed by atoms with E-state index in [9.17, 15) is 14.0 Å². The number of nitrogens with one attached hydrogen (secondary N) is 1. The van der Waals surface area contributed by atoms with Gasteiger partial charge in [0.2, 0.25) is 11.8 Å². The molecule has 0 bridgehead atoms. The highest BCUT2D eigenvalue weighted by Crippen LogP contribution is 2.29. The molecule has 1 N–H and O–H groups in total. The van der Waals surface area contributed by atoms with E-state index in [2.05, 4.69) is 5.32 Å². The molecule has 2 amide bonds. The Kier molecular flexibility index (Phi) is 8.62. The van der Waals surface area contributed by atoms with Gasteiger partial charge in [-0.1, -0.05) is 48.5 Å². The number of ether oxygens (including phenoxy) is 2. The number of amides is 2. The molecule has 6 nitrogen and oxygen atoms in total. The Bertz CT molecular complexity index is 1100. The third kappa shape index (κ3) is 6.13. The standard InChI is InChI=1S/C27H29FN2O4/c1-4-29-27(32)26(21-8-6-5-7-9-21)30(18-19-10-13-22(28)14-11-19)25(31)17-20-12-15-23(33-2)24(16-20)34-3/h5-16,26H,4,17-18H2,1-3H3,(H,29,32)/t26-/m0/s1. The minimum Gasteiger partial charge on any atom is -0.493 e. The van der Waals surface area contributed by atoms with Crippen molar-refractivity contribution in [2.75, 3.05) is 20.8 Å². The molecule has 0 fully saturated rings. The lowest BCUT2D eigenvalue weighted by Crippen LogP contribution is -2.44. The molecule has 0 aliphatic carbocycles. The van der Waals surface area contributed by atoms with Crippen molar-refractivity contribution in [3.8, 4) is 11.5 Å². The predicted octanol–water partition coefficient (Wildman–Crippen LogP) is 4.29. The van der Waals surface area contributed by atoms with E-state index in [1.54, 1.807) is 37.4 Å².